The molecule has 0 amide bonds. The molecule has 3 unspecified atom stereocenters. The number of ketones is 3. The topological polar surface area (TPSA) is 107 Å². The molecular weight excluding hydrogens is 841 g/mol. The summed E-state index contributed by atoms with van der Waals surface area (Å²) in [5.74, 6) is 0.210. The van der Waals surface area contributed by atoms with Gasteiger partial charge in [-0.2, -0.15) is 0 Å². The van der Waals surface area contributed by atoms with Gasteiger partial charge in [0, 0.05) is 40.6 Å². The maximum Gasteiger partial charge on any atom is 0.158 e. The van der Waals surface area contributed by atoms with Crippen molar-refractivity contribution in [1.29, 1.82) is 0 Å². The molecule has 0 N–H and O–H groups in total. The summed E-state index contributed by atoms with van der Waals surface area (Å²) in [5.41, 5.74) is 0. The molecule has 0 aromatic heterocycles. The molecule has 67 heavy (non-hydrogen) atoms. The summed E-state index contributed by atoms with van der Waals surface area (Å²) in [7, 11) is 5.39. The van der Waals surface area contributed by atoms with Crippen molar-refractivity contribution in [2.24, 2.45) is 0 Å². The van der Waals surface area contributed by atoms with Gasteiger partial charge in [0.1, 0.15) is 25.9 Å². The zero-order chi connectivity index (χ0) is 49.1. The van der Waals surface area contributed by atoms with Crippen molar-refractivity contribution in [3.63, 3.8) is 0 Å². The number of methoxy groups -OCH3 is 3. The maximum absolute atomic E-state index is 12.7. The van der Waals surface area contributed by atoms with Crippen LogP contribution in [0.5, 0.6) is 0 Å². The highest BCUT2D eigenvalue weighted by molar-refractivity contribution is 5.80. The van der Waals surface area contributed by atoms with Crippen LogP contribution in [0.1, 0.15) is 239 Å². The van der Waals surface area contributed by atoms with Crippen LogP contribution in [0.4, 0.5) is 0 Å². The van der Waals surface area contributed by atoms with Crippen LogP contribution in [-0.2, 0) is 42.8 Å². The minimum Gasteiger partial charge on any atom is -0.381 e. The highest BCUT2D eigenvalue weighted by atomic mass is 16.6. The fourth-order valence-electron chi connectivity index (χ4n) is 8.02. The van der Waals surface area contributed by atoms with Gasteiger partial charge >= 0.3 is 0 Å². The van der Waals surface area contributed by atoms with E-state index < -0.39 is 6.10 Å². The predicted molar refractivity (Wildman–Crippen MR) is 280 cm³/mol. The van der Waals surface area contributed by atoms with E-state index in [-0.39, 0.29) is 56.5 Å². The Balaban J connectivity index is 4.49. The molecule has 392 valence electrons. The average molecular weight is 947 g/mol. The monoisotopic (exact) mass is 947 g/mol. The van der Waals surface area contributed by atoms with Crippen LogP contribution in [0.2, 0.25) is 0 Å². The Labute approximate surface area is 413 Å². The average Bonchev–Trinajstić information content (AvgIpc) is 3.33. The summed E-state index contributed by atoms with van der Waals surface area (Å²) >= 11 is 0. The first-order valence-corrected chi connectivity index (χ1v) is 27.6. The highest BCUT2D eigenvalue weighted by Crippen LogP contribution is 2.15. The zero-order valence-electron chi connectivity index (χ0n) is 44.5. The molecule has 0 saturated heterocycles. The largest absolute Gasteiger partial charge is 0.381 e. The van der Waals surface area contributed by atoms with Crippen molar-refractivity contribution >= 4 is 17.3 Å². The first-order chi connectivity index (χ1) is 32.8. The van der Waals surface area contributed by atoms with Gasteiger partial charge in [-0.15, -0.1) is 0 Å². The molecular formula is C58H106O9. The van der Waals surface area contributed by atoms with E-state index in [9.17, 15) is 14.4 Å². The summed E-state index contributed by atoms with van der Waals surface area (Å²) < 4.78 is 34.1. The van der Waals surface area contributed by atoms with Gasteiger partial charge in [0.25, 0.3) is 0 Å². The third-order valence-electron chi connectivity index (χ3n) is 12.7. The molecule has 0 aromatic rings. The van der Waals surface area contributed by atoms with Crippen LogP contribution in [0.25, 0.3) is 0 Å². The fourth-order valence-corrected chi connectivity index (χ4v) is 8.02. The molecule has 0 fully saturated rings. The van der Waals surface area contributed by atoms with Crippen LogP contribution in [0.15, 0.2) is 36.5 Å². The highest BCUT2D eigenvalue weighted by Gasteiger charge is 2.15. The van der Waals surface area contributed by atoms with Crippen LogP contribution < -0.4 is 0 Å². The second-order valence-corrected chi connectivity index (χ2v) is 19.1. The smallest absolute Gasteiger partial charge is 0.158 e. The van der Waals surface area contributed by atoms with E-state index in [4.69, 9.17) is 28.4 Å². The molecule has 9 nitrogen and oxygen atoms in total. The van der Waals surface area contributed by atoms with Gasteiger partial charge in [0.2, 0.25) is 0 Å². The molecule has 0 rings (SSSR count). The number of unbranched alkanes of at least 4 members (excludes halogenated alkanes) is 21. The van der Waals surface area contributed by atoms with Gasteiger partial charge in [-0.25, -0.2) is 0 Å². The lowest BCUT2D eigenvalue weighted by atomic mass is 10.1. The molecule has 0 aromatic carbocycles. The van der Waals surface area contributed by atoms with Crippen molar-refractivity contribution in [2.75, 3.05) is 54.4 Å². The maximum atomic E-state index is 12.7. The van der Waals surface area contributed by atoms with Crippen molar-refractivity contribution in [1.82, 2.24) is 0 Å². The Morgan fingerprint density at radius 1 is 0.388 bits per heavy atom. The summed E-state index contributed by atoms with van der Waals surface area (Å²) in [6.45, 7) is 6.87. The fraction of sp³-hybridized carbons (Fsp3) is 0.845. The Kier molecular flexibility index (Phi) is 50.3. The summed E-state index contributed by atoms with van der Waals surface area (Å²) in [4.78, 5) is 38.0. The molecule has 0 aliphatic carbocycles. The number of Topliss-reactive ketones (excluding diaryl/α,β-unsaturated/α-hetero) is 3. The molecule has 0 radical (unpaired) electrons. The Morgan fingerprint density at radius 3 is 1.13 bits per heavy atom. The van der Waals surface area contributed by atoms with Crippen molar-refractivity contribution in [2.45, 2.75) is 263 Å². The van der Waals surface area contributed by atoms with Crippen molar-refractivity contribution < 1.29 is 42.8 Å². The minimum atomic E-state index is -0.523. The van der Waals surface area contributed by atoms with E-state index in [2.05, 4.69) is 57.2 Å². The summed E-state index contributed by atoms with van der Waals surface area (Å²) in [6.07, 6.45) is 50.2. The lowest BCUT2D eigenvalue weighted by molar-refractivity contribution is -0.135. The summed E-state index contributed by atoms with van der Waals surface area (Å²) in [6, 6.07) is 0. The second kappa shape index (κ2) is 51.8. The second-order valence-electron chi connectivity index (χ2n) is 19.1. The quantitative estimate of drug-likeness (QED) is 0.0435. The number of ether oxygens (including phenoxy) is 6. The molecule has 0 bridgehead atoms. The van der Waals surface area contributed by atoms with E-state index in [1.54, 1.807) is 7.11 Å². The van der Waals surface area contributed by atoms with E-state index in [0.717, 1.165) is 122 Å². The number of hydrogen-bond acceptors (Lipinski definition) is 9. The van der Waals surface area contributed by atoms with Crippen LogP contribution in [0, 0.1) is 0 Å². The molecule has 0 heterocycles. The number of rotatable bonds is 54. The standard InChI is InChI=1S/C58H106O9/c1-7-9-11-35-43-56(63-5)45-37-29-23-17-15-20-26-32-40-53(59)47-65-50-58(67-49-55(61)42-34-28-22-14-13-19-25-31-39-52(3)62-4)51-66-48-54(60)41-33-27-21-16-18-24-30-38-46-57(64-6)44-36-12-10-8-2/h25,29-31,37-38,52,56-58H,7-24,26-28,32-36,39-51H2,1-6H3/b31-25-,37-29-,38-30-. The Hall–Kier alpha value is -2.01. The number of hydrogen-bond donors (Lipinski definition) is 0. The minimum absolute atomic E-state index is 0.0183. The normalized spacial score (nSPS) is 13.9. The Morgan fingerprint density at radius 2 is 0.746 bits per heavy atom. The van der Waals surface area contributed by atoms with Gasteiger partial charge in [-0.1, -0.05) is 159 Å². The number of carbonyl (C=O) groups is 3. The third-order valence-corrected chi connectivity index (χ3v) is 12.7. The van der Waals surface area contributed by atoms with Gasteiger partial charge < -0.3 is 28.4 Å². The van der Waals surface area contributed by atoms with E-state index >= 15 is 0 Å². The van der Waals surface area contributed by atoms with E-state index in [1.165, 1.54) is 77.0 Å². The lowest BCUT2D eigenvalue weighted by Gasteiger charge is -2.18. The van der Waals surface area contributed by atoms with Crippen LogP contribution in [-0.4, -0.2) is 96.1 Å². The molecule has 0 aliphatic heterocycles. The molecule has 9 heteroatoms. The van der Waals surface area contributed by atoms with E-state index in [1.807, 2.05) is 14.2 Å². The third kappa shape index (κ3) is 47.4. The molecule has 0 saturated carbocycles. The first-order valence-electron chi connectivity index (χ1n) is 27.6. The van der Waals surface area contributed by atoms with Gasteiger partial charge in [-0.05, 0) is 96.8 Å². The van der Waals surface area contributed by atoms with Gasteiger partial charge in [0.15, 0.2) is 17.3 Å². The van der Waals surface area contributed by atoms with Gasteiger partial charge in [0.05, 0.1) is 31.5 Å². The molecule has 3 atom stereocenters. The predicted octanol–water partition coefficient (Wildman–Crippen LogP) is 15.1. The van der Waals surface area contributed by atoms with Crippen molar-refractivity contribution in [3.8, 4) is 0 Å². The van der Waals surface area contributed by atoms with Crippen LogP contribution >= 0.6 is 0 Å². The zero-order valence-corrected chi connectivity index (χ0v) is 44.5. The van der Waals surface area contributed by atoms with Crippen molar-refractivity contribution in [3.05, 3.63) is 36.5 Å². The number of carbonyl (C=O) groups excluding carboxylic acids is 3. The van der Waals surface area contributed by atoms with Crippen LogP contribution in [0.3, 0.4) is 0 Å². The van der Waals surface area contributed by atoms with Gasteiger partial charge in [-0.3, -0.25) is 14.4 Å². The SMILES string of the molecule is CCCCCCC(C/C=C\CCCCCCCC(=O)COCC(COCC(=O)CCCCCCC/C=C\CC(CCCCCC)OC)OCC(=O)CCCCCCC/C=C\CC(C)OC)OC. The van der Waals surface area contributed by atoms with E-state index in [0.29, 0.717) is 31.5 Å². The number of allylic oxidation sites excluding steroid dienone is 3. The molecule has 0 aliphatic rings. The summed E-state index contributed by atoms with van der Waals surface area (Å²) in [5, 5.41) is 0. The molecule has 0 spiro atoms. The Bertz CT molecular complexity index is 1120. The lowest BCUT2D eigenvalue weighted by Crippen LogP contribution is -2.30. The first kappa shape index (κ1) is 65.0.